The third-order valence-corrected chi connectivity index (χ3v) is 4.86. The van der Waals surface area contributed by atoms with Crippen LogP contribution < -0.4 is 4.74 Å². The van der Waals surface area contributed by atoms with Crippen LogP contribution in [0.3, 0.4) is 0 Å². The molecule has 0 aliphatic carbocycles. The molecular formula is C16H15F3O2S. The minimum atomic E-state index is -2.87. The summed E-state index contributed by atoms with van der Waals surface area (Å²) in [5.74, 6) is -0.125. The van der Waals surface area contributed by atoms with Crippen molar-refractivity contribution in [3.8, 4) is 5.75 Å². The van der Waals surface area contributed by atoms with E-state index in [1.165, 1.54) is 18.2 Å². The summed E-state index contributed by atoms with van der Waals surface area (Å²) < 4.78 is 54.4. The van der Waals surface area contributed by atoms with Crippen LogP contribution in [0.25, 0.3) is 0 Å². The minimum Gasteiger partial charge on any atom is -0.435 e. The second-order valence-electron chi connectivity index (χ2n) is 4.71. The molecule has 0 bridgehead atoms. The molecule has 118 valence electrons. The Morgan fingerprint density at radius 2 is 1.73 bits per heavy atom. The Morgan fingerprint density at radius 3 is 2.32 bits per heavy atom. The molecule has 0 radical (unpaired) electrons. The smallest absolute Gasteiger partial charge is 0.387 e. The van der Waals surface area contributed by atoms with Crippen LogP contribution in [0.4, 0.5) is 13.2 Å². The van der Waals surface area contributed by atoms with Crippen LogP contribution in [-0.4, -0.2) is 10.8 Å². The van der Waals surface area contributed by atoms with E-state index in [1.54, 1.807) is 37.3 Å². The van der Waals surface area contributed by atoms with E-state index < -0.39 is 22.7 Å². The summed E-state index contributed by atoms with van der Waals surface area (Å²) in [5, 5.41) is -0.460. The highest BCUT2D eigenvalue weighted by atomic mass is 32.2. The zero-order chi connectivity index (χ0) is 16.1. The van der Waals surface area contributed by atoms with Crippen molar-refractivity contribution in [2.75, 3.05) is 0 Å². The molecule has 2 rings (SSSR count). The molecule has 2 aromatic carbocycles. The van der Waals surface area contributed by atoms with Crippen molar-refractivity contribution < 1.29 is 22.1 Å². The predicted molar refractivity (Wildman–Crippen MR) is 79.7 cm³/mol. The molecule has 22 heavy (non-hydrogen) atoms. The number of alkyl halides is 2. The lowest BCUT2D eigenvalue weighted by Gasteiger charge is -2.13. The molecule has 2 nitrogen and oxygen atoms in total. The Morgan fingerprint density at radius 1 is 1.09 bits per heavy atom. The van der Waals surface area contributed by atoms with Crippen LogP contribution in [0.1, 0.15) is 23.3 Å². The van der Waals surface area contributed by atoms with E-state index >= 15 is 0 Å². The molecule has 2 aromatic rings. The van der Waals surface area contributed by atoms with Gasteiger partial charge in [-0.15, -0.1) is 0 Å². The van der Waals surface area contributed by atoms with Crippen LogP contribution in [-0.2, 0) is 16.6 Å². The molecule has 2 atom stereocenters. The van der Waals surface area contributed by atoms with E-state index in [0.29, 0.717) is 11.1 Å². The van der Waals surface area contributed by atoms with E-state index in [9.17, 15) is 17.4 Å². The first-order valence-corrected chi connectivity index (χ1v) is 8.01. The van der Waals surface area contributed by atoms with Crippen molar-refractivity contribution in [1.29, 1.82) is 0 Å². The van der Waals surface area contributed by atoms with Gasteiger partial charge in [-0.1, -0.05) is 30.3 Å². The van der Waals surface area contributed by atoms with Gasteiger partial charge in [-0.3, -0.25) is 4.21 Å². The van der Waals surface area contributed by atoms with Gasteiger partial charge >= 0.3 is 6.61 Å². The van der Waals surface area contributed by atoms with Crippen LogP contribution >= 0.6 is 0 Å². The van der Waals surface area contributed by atoms with Gasteiger partial charge in [0.2, 0.25) is 0 Å². The van der Waals surface area contributed by atoms with Gasteiger partial charge < -0.3 is 4.74 Å². The molecule has 0 heterocycles. The maximum Gasteiger partial charge on any atom is 0.387 e. The minimum absolute atomic E-state index is 0.0479. The third-order valence-electron chi connectivity index (χ3n) is 3.19. The van der Waals surface area contributed by atoms with E-state index in [4.69, 9.17) is 0 Å². The molecule has 0 aromatic heterocycles. The Bertz CT molecular complexity index is 644. The molecule has 0 N–H and O–H groups in total. The Balaban J connectivity index is 2.04. The lowest BCUT2D eigenvalue weighted by molar-refractivity contribution is -0.0498. The molecule has 6 heteroatoms. The van der Waals surface area contributed by atoms with Gasteiger partial charge in [0, 0.05) is 22.1 Å². The van der Waals surface area contributed by atoms with Crippen LogP contribution in [0, 0.1) is 5.82 Å². The van der Waals surface area contributed by atoms with Crippen molar-refractivity contribution in [2.24, 2.45) is 0 Å². The van der Waals surface area contributed by atoms with Gasteiger partial charge in [0.15, 0.2) is 0 Å². The maximum absolute atomic E-state index is 13.7. The molecule has 0 saturated heterocycles. The highest BCUT2D eigenvalue weighted by Crippen LogP contribution is 2.25. The first-order chi connectivity index (χ1) is 10.5. The van der Waals surface area contributed by atoms with E-state index in [1.807, 2.05) is 0 Å². The molecule has 0 saturated carbocycles. The Labute approximate surface area is 129 Å². The van der Waals surface area contributed by atoms with Gasteiger partial charge in [-0.25, -0.2) is 4.39 Å². The van der Waals surface area contributed by atoms with Crippen molar-refractivity contribution in [3.05, 3.63) is 65.5 Å². The number of benzene rings is 2. The first-order valence-electron chi connectivity index (χ1n) is 6.62. The largest absolute Gasteiger partial charge is 0.435 e. The van der Waals surface area contributed by atoms with Crippen LogP contribution in [0.5, 0.6) is 5.75 Å². The van der Waals surface area contributed by atoms with Crippen molar-refractivity contribution in [3.63, 3.8) is 0 Å². The molecular weight excluding hydrogens is 313 g/mol. The molecule has 0 unspecified atom stereocenters. The van der Waals surface area contributed by atoms with Crippen LogP contribution in [0.15, 0.2) is 48.5 Å². The normalized spacial score (nSPS) is 13.9. The number of hydrogen-bond acceptors (Lipinski definition) is 2. The summed E-state index contributed by atoms with van der Waals surface area (Å²) >= 11 is 0. The summed E-state index contributed by atoms with van der Waals surface area (Å²) in [6.45, 7) is -1.18. The van der Waals surface area contributed by atoms with Crippen LogP contribution in [0.2, 0.25) is 0 Å². The molecule has 0 amide bonds. The van der Waals surface area contributed by atoms with Crippen molar-refractivity contribution in [1.82, 2.24) is 0 Å². The van der Waals surface area contributed by atoms with Gasteiger partial charge in [0.1, 0.15) is 11.6 Å². The van der Waals surface area contributed by atoms with Gasteiger partial charge in [0.05, 0.1) is 5.25 Å². The summed E-state index contributed by atoms with van der Waals surface area (Å²) in [6.07, 6.45) is 0. The predicted octanol–water partition coefficient (Wildman–Crippen LogP) is 4.44. The SMILES string of the molecule is C[C@@H](c1ccccc1F)[S@@](=O)Cc1ccc(OC(F)F)cc1. The first kappa shape index (κ1) is 16.5. The van der Waals surface area contributed by atoms with E-state index in [0.717, 1.165) is 0 Å². The zero-order valence-corrected chi connectivity index (χ0v) is 12.7. The summed E-state index contributed by atoms with van der Waals surface area (Å²) in [6, 6.07) is 12.2. The molecule has 0 spiro atoms. The van der Waals surface area contributed by atoms with E-state index in [-0.39, 0.29) is 17.3 Å². The van der Waals surface area contributed by atoms with Gasteiger partial charge in [-0.2, -0.15) is 8.78 Å². The van der Waals surface area contributed by atoms with Crippen molar-refractivity contribution in [2.45, 2.75) is 24.5 Å². The Hall–Kier alpha value is -1.82. The van der Waals surface area contributed by atoms with Crippen molar-refractivity contribution >= 4 is 10.8 Å². The lowest BCUT2D eigenvalue weighted by atomic mass is 10.1. The highest BCUT2D eigenvalue weighted by molar-refractivity contribution is 7.84. The highest BCUT2D eigenvalue weighted by Gasteiger charge is 2.17. The quantitative estimate of drug-likeness (QED) is 0.784. The lowest BCUT2D eigenvalue weighted by Crippen LogP contribution is -2.07. The number of halogens is 3. The summed E-state index contributed by atoms with van der Waals surface area (Å²) in [4.78, 5) is 0. The fourth-order valence-electron chi connectivity index (χ4n) is 2.00. The molecule has 0 aliphatic heterocycles. The number of hydrogen-bond donors (Lipinski definition) is 0. The fraction of sp³-hybridized carbons (Fsp3) is 0.250. The Kier molecular flexibility index (Phi) is 5.60. The molecule has 0 aliphatic rings. The monoisotopic (exact) mass is 328 g/mol. The second kappa shape index (κ2) is 7.45. The van der Waals surface area contributed by atoms with Gasteiger partial charge in [-0.05, 0) is 30.7 Å². The number of rotatable bonds is 6. The summed E-state index contributed by atoms with van der Waals surface area (Å²) in [5.41, 5.74) is 1.11. The third kappa shape index (κ3) is 4.34. The fourth-order valence-corrected chi connectivity index (χ4v) is 3.25. The summed E-state index contributed by atoms with van der Waals surface area (Å²) in [7, 11) is -1.32. The number of ether oxygens (including phenoxy) is 1. The second-order valence-corrected chi connectivity index (χ2v) is 6.47. The average molecular weight is 328 g/mol. The maximum atomic E-state index is 13.7. The zero-order valence-electron chi connectivity index (χ0n) is 11.8. The molecule has 0 fully saturated rings. The topological polar surface area (TPSA) is 26.3 Å². The average Bonchev–Trinajstić information content (AvgIpc) is 2.48. The standard InChI is InChI=1S/C16H15F3O2S/c1-11(14-4-2-3-5-15(14)17)22(20)10-12-6-8-13(9-7-12)21-16(18)19/h2-9,11,16H,10H2,1H3/t11-,22-/m0/s1. The van der Waals surface area contributed by atoms with E-state index in [2.05, 4.69) is 4.74 Å². The van der Waals surface area contributed by atoms with Gasteiger partial charge in [0.25, 0.3) is 0 Å².